The molecule has 0 heterocycles. The minimum atomic E-state index is -4.67. The Morgan fingerprint density at radius 2 is 1.12 bits per heavy atom. The van der Waals surface area contributed by atoms with Crippen molar-refractivity contribution in [3.05, 3.63) is 0 Å². The van der Waals surface area contributed by atoms with Gasteiger partial charge >= 0.3 is 91.3 Å². The van der Waals surface area contributed by atoms with E-state index in [1.54, 1.807) is 0 Å². The van der Waals surface area contributed by atoms with Gasteiger partial charge in [-0.1, -0.05) is 0 Å². The fourth-order valence-corrected chi connectivity index (χ4v) is 0. The Kier molecular flexibility index (Phi) is 28.8. The van der Waals surface area contributed by atoms with E-state index < -0.39 is 10.4 Å². The Balaban J connectivity index is -0.0000000267. The molecule has 0 saturated heterocycles. The Morgan fingerprint density at radius 1 is 1.12 bits per heavy atom. The predicted molar refractivity (Wildman–Crippen MR) is 43.9 cm³/mol. The van der Waals surface area contributed by atoms with E-state index in [0.29, 0.717) is 0 Å². The van der Waals surface area contributed by atoms with Gasteiger partial charge < -0.3 is 0 Å². The molecule has 4 nitrogen and oxygen atoms in total. The SMILES string of the molecule is I.O=S(=O)(O)O.[KH].[NaH]. The van der Waals surface area contributed by atoms with Crippen molar-refractivity contribution >= 4 is 115 Å². The molecule has 2 N–H and O–H groups in total. The zero-order valence-corrected chi connectivity index (χ0v) is 5.67. The van der Waals surface area contributed by atoms with Crippen molar-refractivity contribution in [2.24, 2.45) is 0 Å². The summed E-state index contributed by atoms with van der Waals surface area (Å²) in [6, 6.07) is 0. The molecule has 0 aliphatic heterocycles. The second-order valence-corrected chi connectivity index (χ2v) is 1.34. The van der Waals surface area contributed by atoms with Crippen LogP contribution in [0.2, 0.25) is 0 Å². The van der Waals surface area contributed by atoms with Crippen LogP contribution in [-0.2, 0) is 10.4 Å². The minimum absolute atomic E-state index is 0. The summed E-state index contributed by atoms with van der Waals surface area (Å²) >= 11 is 0. The van der Waals surface area contributed by atoms with E-state index in [0.717, 1.165) is 0 Å². The van der Waals surface area contributed by atoms with Crippen LogP contribution in [0.3, 0.4) is 0 Å². The maximum absolute atomic E-state index is 8.74. The van der Waals surface area contributed by atoms with Crippen LogP contribution in [0.25, 0.3) is 0 Å². The number of hydrogen-bond acceptors (Lipinski definition) is 2. The van der Waals surface area contributed by atoms with E-state index in [1.807, 2.05) is 0 Å². The van der Waals surface area contributed by atoms with Gasteiger partial charge in [0.05, 0.1) is 0 Å². The van der Waals surface area contributed by atoms with E-state index >= 15 is 0 Å². The van der Waals surface area contributed by atoms with Crippen molar-refractivity contribution in [3.63, 3.8) is 0 Å². The molecule has 0 amide bonds. The van der Waals surface area contributed by atoms with Gasteiger partial charge in [-0.2, -0.15) is 8.42 Å². The van der Waals surface area contributed by atoms with Crippen LogP contribution in [0.4, 0.5) is 0 Å². The standard InChI is InChI=1S/HI.K.Na.H2O4S.2H/c;;;1-5(2,3)4;;/h1H;;;(H2,1,2,3,4);;. The maximum atomic E-state index is 8.74. The summed E-state index contributed by atoms with van der Waals surface area (Å²) in [5.74, 6) is 0. The molecule has 8 heteroatoms. The third kappa shape index (κ3) is 59.8. The van der Waals surface area contributed by atoms with Crippen LogP contribution in [0.1, 0.15) is 0 Å². The van der Waals surface area contributed by atoms with Crippen LogP contribution in [-0.4, -0.2) is 98.5 Å². The Bertz CT molecular complexity index is 99.2. The fraction of sp³-hybridized carbons (Fsp3) is 0. The monoisotopic (exact) mass is 290 g/mol. The molecule has 0 radical (unpaired) electrons. The average Bonchev–Trinajstić information content (AvgIpc) is 0.722. The summed E-state index contributed by atoms with van der Waals surface area (Å²) in [6.45, 7) is 0. The molecule has 0 aromatic rings. The quantitative estimate of drug-likeness (QED) is 0.329. The molecule has 0 aliphatic carbocycles. The zero-order chi connectivity index (χ0) is 4.50. The summed E-state index contributed by atoms with van der Waals surface area (Å²) < 4.78 is 31.6. The van der Waals surface area contributed by atoms with Crippen LogP contribution >= 0.6 is 24.0 Å². The van der Waals surface area contributed by atoms with E-state index in [-0.39, 0.29) is 105 Å². The van der Waals surface area contributed by atoms with Crippen LogP contribution in [0, 0.1) is 0 Å². The summed E-state index contributed by atoms with van der Waals surface area (Å²) in [5, 5.41) is 0. The van der Waals surface area contributed by atoms with Crippen molar-refractivity contribution in [2.45, 2.75) is 0 Å². The van der Waals surface area contributed by atoms with Gasteiger partial charge in [0, 0.05) is 0 Å². The fourth-order valence-electron chi connectivity index (χ4n) is 0. The normalized spacial score (nSPS) is 7.25. The molecule has 0 spiro atoms. The van der Waals surface area contributed by atoms with Gasteiger partial charge in [-0.25, -0.2) is 0 Å². The molecule has 0 aliphatic rings. The first-order valence-corrected chi connectivity index (χ1v) is 2.10. The number of hydrogen-bond donors (Lipinski definition) is 2. The third-order valence-corrected chi connectivity index (χ3v) is 0. The topological polar surface area (TPSA) is 74.6 Å². The molecule has 8 heavy (non-hydrogen) atoms. The van der Waals surface area contributed by atoms with E-state index in [1.165, 1.54) is 0 Å². The van der Waals surface area contributed by atoms with E-state index in [2.05, 4.69) is 0 Å². The molecule has 0 aromatic heterocycles. The first-order valence-electron chi connectivity index (χ1n) is 0.698. The second kappa shape index (κ2) is 10.2. The van der Waals surface area contributed by atoms with Crippen LogP contribution in [0.15, 0.2) is 0 Å². The van der Waals surface area contributed by atoms with Gasteiger partial charge in [-0.3, -0.25) is 9.11 Å². The van der Waals surface area contributed by atoms with Gasteiger partial charge in [0.1, 0.15) is 0 Å². The van der Waals surface area contributed by atoms with E-state index in [4.69, 9.17) is 17.5 Å². The molecule has 0 atom stereocenters. The summed E-state index contributed by atoms with van der Waals surface area (Å²) in [5.41, 5.74) is 0. The summed E-state index contributed by atoms with van der Waals surface area (Å²) in [7, 11) is -4.67. The van der Waals surface area contributed by atoms with Crippen molar-refractivity contribution in [1.82, 2.24) is 0 Å². The van der Waals surface area contributed by atoms with Gasteiger partial charge in [-0.15, -0.1) is 24.0 Å². The summed E-state index contributed by atoms with van der Waals surface area (Å²) in [4.78, 5) is 0. The summed E-state index contributed by atoms with van der Waals surface area (Å²) in [6.07, 6.45) is 0. The Hall–Kier alpha value is 3.24. The molecule has 0 aromatic carbocycles. The molecule has 0 fully saturated rings. The van der Waals surface area contributed by atoms with Gasteiger partial charge in [0.2, 0.25) is 0 Å². The third-order valence-electron chi connectivity index (χ3n) is 0. The zero-order valence-electron chi connectivity index (χ0n) is 2.53. The van der Waals surface area contributed by atoms with Crippen molar-refractivity contribution < 1.29 is 17.5 Å². The number of halogens is 1. The first-order chi connectivity index (χ1) is 2.00. The molecule has 0 bridgehead atoms. The van der Waals surface area contributed by atoms with Crippen LogP contribution in [0.5, 0.6) is 0 Å². The first kappa shape index (κ1) is 22.5. The van der Waals surface area contributed by atoms with Gasteiger partial charge in [0.15, 0.2) is 0 Å². The Morgan fingerprint density at radius 3 is 1.12 bits per heavy atom. The second-order valence-electron chi connectivity index (χ2n) is 0.448. The van der Waals surface area contributed by atoms with Crippen LogP contribution < -0.4 is 0 Å². The molecule has 0 saturated carbocycles. The molecule has 44 valence electrons. The van der Waals surface area contributed by atoms with Gasteiger partial charge in [-0.05, 0) is 0 Å². The predicted octanol–water partition coefficient (Wildman–Crippen LogP) is -1.33. The average molecular weight is 290 g/mol. The van der Waals surface area contributed by atoms with Gasteiger partial charge in [0.25, 0.3) is 0 Å². The molecular weight excluding hydrogens is 285 g/mol. The molecular formula is H5IKNaO4S. The van der Waals surface area contributed by atoms with Crippen molar-refractivity contribution in [1.29, 1.82) is 0 Å². The van der Waals surface area contributed by atoms with Crippen molar-refractivity contribution in [2.75, 3.05) is 0 Å². The Labute approximate surface area is 129 Å². The van der Waals surface area contributed by atoms with E-state index in [9.17, 15) is 0 Å². The number of rotatable bonds is 0. The molecule has 0 unspecified atom stereocenters. The molecule has 0 rings (SSSR count). The van der Waals surface area contributed by atoms with Crippen molar-refractivity contribution in [3.8, 4) is 0 Å².